The molecule has 184 valence electrons. The van der Waals surface area contributed by atoms with Gasteiger partial charge < -0.3 is 9.15 Å². The molecule has 1 aromatic heterocycles. The Morgan fingerprint density at radius 2 is 1.76 bits per heavy atom. The number of nitrogens with zero attached hydrogens (tertiary/aromatic N) is 2. The molecule has 1 aromatic carbocycles. The number of piperidine rings is 1. The van der Waals surface area contributed by atoms with Crippen LogP contribution in [-0.4, -0.2) is 55.5 Å². The molecule has 0 amide bonds. The minimum absolute atomic E-state index is 0. The van der Waals surface area contributed by atoms with Crippen LogP contribution < -0.4 is 5.76 Å². The molecule has 0 atom stereocenters. The number of aromatic nitrogens is 1. The van der Waals surface area contributed by atoms with Gasteiger partial charge >= 0.3 is 5.76 Å². The van der Waals surface area contributed by atoms with Crippen molar-refractivity contribution in [3.8, 4) is 0 Å². The molecule has 0 N–H and O–H groups in total. The average Bonchev–Trinajstić information content (AvgIpc) is 3.53. The molecule has 3 aliphatic rings. The van der Waals surface area contributed by atoms with Gasteiger partial charge in [0.05, 0.1) is 16.5 Å². The van der Waals surface area contributed by atoms with E-state index in [1.54, 1.807) is 16.7 Å². The van der Waals surface area contributed by atoms with Gasteiger partial charge in [0.1, 0.15) is 0 Å². The van der Waals surface area contributed by atoms with E-state index in [-0.39, 0.29) is 28.9 Å². The van der Waals surface area contributed by atoms with Crippen LogP contribution in [0.4, 0.5) is 0 Å². The molecule has 2 saturated carbocycles. The third kappa shape index (κ3) is 5.19. The van der Waals surface area contributed by atoms with Gasteiger partial charge in [0, 0.05) is 37.5 Å². The van der Waals surface area contributed by atoms with E-state index < -0.39 is 15.6 Å². The first-order valence-corrected chi connectivity index (χ1v) is 13.8. The third-order valence-corrected chi connectivity index (χ3v) is 8.99. The van der Waals surface area contributed by atoms with Crippen LogP contribution >= 0.6 is 12.4 Å². The Hall–Kier alpha value is -1.35. The molecule has 2 heterocycles. The van der Waals surface area contributed by atoms with E-state index in [2.05, 4.69) is 11.8 Å². The van der Waals surface area contributed by atoms with Crippen molar-refractivity contribution in [3.63, 3.8) is 0 Å². The lowest BCUT2D eigenvalue weighted by Gasteiger charge is -2.48. The molecule has 2 aliphatic carbocycles. The van der Waals surface area contributed by atoms with Crippen LogP contribution in [0.5, 0.6) is 0 Å². The smallest absolute Gasteiger partial charge is 0.408 e. The first-order valence-electron chi connectivity index (χ1n) is 11.9. The number of halogens is 1. The van der Waals surface area contributed by atoms with Crippen LogP contribution in [0.1, 0.15) is 64.3 Å². The molecule has 7 nitrogen and oxygen atoms in total. The zero-order chi connectivity index (χ0) is 22.5. The number of benzene rings is 1. The van der Waals surface area contributed by atoms with Gasteiger partial charge in [-0.2, -0.15) is 0 Å². The lowest BCUT2D eigenvalue weighted by molar-refractivity contribution is -0.0336. The quantitative estimate of drug-likeness (QED) is 0.594. The van der Waals surface area contributed by atoms with Crippen molar-refractivity contribution in [3.05, 3.63) is 28.7 Å². The number of sulfone groups is 1. The van der Waals surface area contributed by atoms with Gasteiger partial charge in [0.2, 0.25) is 0 Å². The Morgan fingerprint density at radius 3 is 2.36 bits per heavy atom. The number of fused-ring (bicyclic) bond motifs is 1. The number of oxazole rings is 1. The Kier molecular flexibility index (Phi) is 7.03. The molecule has 1 saturated heterocycles. The second-order valence-electron chi connectivity index (χ2n) is 10.3. The van der Waals surface area contributed by atoms with Gasteiger partial charge in [-0.05, 0) is 82.4 Å². The summed E-state index contributed by atoms with van der Waals surface area (Å²) < 4.78 is 37.2. The Morgan fingerprint density at radius 1 is 1.09 bits per heavy atom. The van der Waals surface area contributed by atoms with E-state index in [0.717, 1.165) is 64.1 Å². The first-order chi connectivity index (χ1) is 15.2. The summed E-state index contributed by atoms with van der Waals surface area (Å²) >= 11 is 0. The van der Waals surface area contributed by atoms with E-state index in [9.17, 15) is 13.2 Å². The van der Waals surface area contributed by atoms with Gasteiger partial charge in [0.25, 0.3) is 0 Å². The minimum atomic E-state index is -3.35. The lowest BCUT2D eigenvalue weighted by atomic mass is 9.79. The second-order valence-corrected chi connectivity index (χ2v) is 12.3. The number of ether oxygens (including phenoxy) is 1. The number of hydrogen-bond acceptors (Lipinski definition) is 6. The molecule has 2 aromatic rings. The highest BCUT2D eigenvalue weighted by molar-refractivity contribution is 7.90. The molecule has 3 fully saturated rings. The molecule has 33 heavy (non-hydrogen) atoms. The largest absolute Gasteiger partial charge is 0.420 e. The summed E-state index contributed by atoms with van der Waals surface area (Å²) in [6, 6.07) is 4.69. The maximum Gasteiger partial charge on any atom is 0.420 e. The molecule has 0 spiro atoms. The number of hydrogen-bond donors (Lipinski definition) is 0. The molecule has 0 unspecified atom stereocenters. The fraction of sp³-hybridized carbons (Fsp3) is 0.708. The topological polar surface area (TPSA) is 81.8 Å². The van der Waals surface area contributed by atoms with Crippen LogP contribution in [0.25, 0.3) is 11.1 Å². The monoisotopic (exact) mass is 498 g/mol. The van der Waals surface area contributed by atoms with Gasteiger partial charge in [-0.15, -0.1) is 12.4 Å². The maximum absolute atomic E-state index is 12.6. The predicted molar refractivity (Wildman–Crippen MR) is 130 cm³/mol. The zero-order valence-corrected chi connectivity index (χ0v) is 21.1. The van der Waals surface area contributed by atoms with Crippen LogP contribution in [0.15, 0.2) is 32.3 Å². The predicted octanol–water partition coefficient (Wildman–Crippen LogP) is 4.18. The fourth-order valence-corrected chi connectivity index (χ4v) is 6.15. The molecular formula is C24H35ClN2O5S. The van der Waals surface area contributed by atoms with E-state index in [1.165, 1.54) is 25.2 Å². The zero-order valence-electron chi connectivity index (χ0n) is 19.5. The van der Waals surface area contributed by atoms with Crippen LogP contribution in [0.2, 0.25) is 0 Å². The van der Waals surface area contributed by atoms with E-state index in [4.69, 9.17) is 9.15 Å². The van der Waals surface area contributed by atoms with Crippen molar-refractivity contribution in [2.24, 2.45) is 5.92 Å². The van der Waals surface area contributed by atoms with Gasteiger partial charge in [-0.1, -0.05) is 0 Å². The maximum atomic E-state index is 12.6. The SMILES string of the molecule is CC1(N2CCC(n3c(=O)oc4ccc(S(C)(=O)=O)cc43)CC2)CCC(OCC2CC2)CC1.Cl. The van der Waals surface area contributed by atoms with Crippen LogP contribution in [0.3, 0.4) is 0 Å². The van der Waals surface area contributed by atoms with Crippen molar-refractivity contribution >= 4 is 33.3 Å². The van der Waals surface area contributed by atoms with E-state index >= 15 is 0 Å². The number of rotatable bonds is 6. The lowest BCUT2D eigenvalue weighted by Crippen LogP contribution is -2.53. The summed E-state index contributed by atoms with van der Waals surface area (Å²) in [6.45, 7) is 5.18. The summed E-state index contributed by atoms with van der Waals surface area (Å²) in [5.41, 5.74) is 1.22. The molecule has 1 aliphatic heterocycles. The first kappa shape index (κ1) is 24.8. The summed E-state index contributed by atoms with van der Waals surface area (Å²) in [5.74, 6) is 0.418. The normalized spacial score (nSPS) is 27.5. The highest BCUT2D eigenvalue weighted by Crippen LogP contribution is 2.39. The number of likely N-dealkylation sites (tertiary alicyclic amines) is 1. The summed E-state index contributed by atoms with van der Waals surface area (Å²) in [5, 5.41) is 0. The van der Waals surface area contributed by atoms with Crippen LogP contribution in [-0.2, 0) is 14.6 Å². The molecule has 0 bridgehead atoms. The van der Waals surface area contributed by atoms with E-state index in [1.807, 2.05) is 0 Å². The Balaban J connectivity index is 0.00000259. The van der Waals surface area contributed by atoms with Crippen molar-refractivity contribution < 1.29 is 17.6 Å². The molecule has 5 rings (SSSR count). The van der Waals surface area contributed by atoms with Crippen molar-refractivity contribution in [1.29, 1.82) is 0 Å². The van der Waals surface area contributed by atoms with Crippen molar-refractivity contribution in [1.82, 2.24) is 9.47 Å². The molecule has 9 heteroatoms. The summed E-state index contributed by atoms with van der Waals surface area (Å²) in [6.07, 6.45) is 10.5. The van der Waals surface area contributed by atoms with Gasteiger partial charge in [0.15, 0.2) is 15.4 Å². The van der Waals surface area contributed by atoms with Crippen molar-refractivity contribution in [2.75, 3.05) is 26.0 Å². The third-order valence-electron chi connectivity index (χ3n) is 7.88. The molecule has 0 radical (unpaired) electrons. The standard InChI is InChI=1S/C24H34N2O5S.ClH/c1-24(11-7-19(8-12-24)30-16-17-3-4-17)25-13-9-18(10-14-25)26-21-15-20(32(2,28)29)5-6-22(21)31-23(26)27;/h5-6,15,17-19H,3-4,7-14,16H2,1-2H3;1H. The second kappa shape index (κ2) is 9.36. The fourth-order valence-electron chi connectivity index (χ4n) is 5.51. The Bertz CT molecular complexity index is 1140. The summed E-state index contributed by atoms with van der Waals surface area (Å²) in [4.78, 5) is 15.4. The van der Waals surface area contributed by atoms with Crippen molar-refractivity contribution in [2.45, 2.75) is 80.9 Å². The average molecular weight is 499 g/mol. The van der Waals surface area contributed by atoms with Gasteiger partial charge in [-0.3, -0.25) is 9.47 Å². The van der Waals surface area contributed by atoms with Crippen LogP contribution in [0, 0.1) is 5.92 Å². The summed E-state index contributed by atoms with van der Waals surface area (Å²) in [7, 11) is -3.35. The highest BCUT2D eigenvalue weighted by atomic mass is 35.5. The molecular weight excluding hydrogens is 464 g/mol. The highest BCUT2D eigenvalue weighted by Gasteiger charge is 2.39. The van der Waals surface area contributed by atoms with Gasteiger partial charge in [-0.25, -0.2) is 13.2 Å². The Labute approximate surface area is 201 Å². The van der Waals surface area contributed by atoms with E-state index in [0.29, 0.717) is 17.2 Å². The minimum Gasteiger partial charge on any atom is -0.408 e.